The summed E-state index contributed by atoms with van der Waals surface area (Å²) in [6.07, 6.45) is 2.49. The van der Waals surface area contributed by atoms with Crippen LogP contribution in [0.1, 0.15) is 53.5 Å². The van der Waals surface area contributed by atoms with Gasteiger partial charge < -0.3 is 13.6 Å². The van der Waals surface area contributed by atoms with Gasteiger partial charge in [-0.1, -0.05) is 78.0 Å². The van der Waals surface area contributed by atoms with Crippen LogP contribution in [-0.2, 0) is 20.2 Å². The van der Waals surface area contributed by atoms with E-state index in [0.717, 1.165) is 6.42 Å². The van der Waals surface area contributed by atoms with Crippen LogP contribution in [0.25, 0.3) is 0 Å². The van der Waals surface area contributed by atoms with Crippen molar-refractivity contribution in [3.8, 4) is 0 Å². The van der Waals surface area contributed by atoms with E-state index in [1.54, 1.807) is 0 Å². The molecule has 0 fully saturated rings. The summed E-state index contributed by atoms with van der Waals surface area (Å²) in [4.78, 5) is 0. The zero-order chi connectivity index (χ0) is 23.2. The van der Waals surface area contributed by atoms with Gasteiger partial charge in [0.1, 0.15) is 0 Å². The lowest BCUT2D eigenvalue weighted by molar-refractivity contribution is -0.0547. The van der Waals surface area contributed by atoms with Gasteiger partial charge in [-0.25, -0.2) is 0 Å². The summed E-state index contributed by atoms with van der Waals surface area (Å²) in [5, 5.41) is 0.285. The van der Waals surface area contributed by atoms with E-state index in [-0.39, 0.29) is 22.3 Å². The van der Waals surface area contributed by atoms with Crippen LogP contribution in [0.3, 0.4) is 0 Å². The Hall–Kier alpha value is -0.726. The monoisotopic (exact) mass is 450 g/mol. The van der Waals surface area contributed by atoms with Gasteiger partial charge in [-0.2, -0.15) is 0 Å². The highest BCUT2D eigenvalue weighted by Crippen LogP contribution is 2.40. The maximum atomic E-state index is 6.88. The molecule has 3 nitrogen and oxygen atoms in total. The molecule has 0 bridgehead atoms. The molecule has 1 aromatic carbocycles. The van der Waals surface area contributed by atoms with E-state index in [2.05, 4.69) is 86.4 Å². The van der Waals surface area contributed by atoms with E-state index >= 15 is 0 Å². The number of rotatable bonds is 11. The van der Waals surface area contributed by atoms with Gasteiger partial charge in [-0.3, -0.25) is 0 Å². The fraction of sp³-hybridized carbons (Fsp3) is 0.680. The molecule has 0 aliphatic heterocycles. The predicted molar refractivity (Wildman–Crippen MR) is 135 cm³/mol. The minimum atomic E-state index is -1.99. The molecule has 0 radical (unpaired) electrons. The second-order valence-corrected chi connectivity index (χ2v) is 20.9. The molecular weight excluding hydrogens is 404 g/mol. The third kappa shape index (κ3) is 8.08. The van der Waals surface area contributed by atoms with Crippen LogP contribution in [-0.4, -0.2) is 35.4 Å². The summed E-state index contributed by atoms with van der Waals surface area (Å²) in [5.41, 5.74) is 1.17. The van der Waals surface area contributed by atoms with E-state index in [4.69, 9.17) is 13.6 Å². The van der Waals surface area contributed by atoms with Crippen LogP contribution in [0.15, 0.2) is 43.0 Å². The Labute approximate surface area is 188 Å². The van der Waals surface area contributed by atoms with Gasteiger partial charge in [0.25, 0.3) is 0 Å². The first-order chi connectivity index (χ1) is 13.6. The lowest BCUT2D eigenvalue weighted by atomic mass is 10.1. The first-order valence-corrected chi connectivity index (χ1v) is 17.0. The van der Waals surface area contributed by atoms with Gasteiger partial charge in [-0.15, -0.1) is 6.58 Å². The molecule has 0 N–H and O–H groups in total. The largest absolute Gasteiger partial charge is 0.414 e. The fourth-order valence-electron chi connectivity index (χ4n) is 2.55. The van der Waals surface area contributed by atoms with E-state index in [0.29, 0.717) is 13.2 Å². The van der Waals surface area contributed by atoms with Crippen LogP contribution in [0.5, 0.6) is 0 Å². The normalized spacial score (nSPS) is 15.7. The van der Waals surface area contributed by atoms with Crippen LogP contribution in [0.2, 0.25) is 36.3 Å². The highest BCUT2D eigenvalue weighted by atomic mass is 28.4. The summed E-state index contributed by atoms with van der Waals surface area (Å²) >= 11 is 0. The second kappa shape index (κ2) is 10.7. The Balaban J connectivity index is 3.08. The molecular formula is C25H46O3Si2. The third-order valence-corrected chi connectivity index (χ3v) is 15.8. The first kappa shape index (κ1) is 27.3. The SMILES string of the molecule is C=CC[C@H](OCc1ccccc1)[C@@H](CO[Si](C)(C)C(C)(C)C)O[Si](C)(C)C(C)(C)C. The third-order valence-electron chi connectivity index (χ3n) is 6.79. The van der Waals surface area contributed by atoms with Gasteiger partial charge in [0.15, 0.2) is 16.6 Å². The molecule has 0 spiro atoms. The Morgan fingerprint density at radius 1 is 0.867 bits per heavy atom. The number of hydrogen-bond acceptors (Lipinski definition) is 3. The van der Waals surface area contributed by atoms with Crippen LogP contribution < -0.4 is 0 Å². The molecule has 0 aliphatic rings. The molecule has 0 aromatic heterocycles. The van der Waals surface area contributed by atoms with E-state index in [9.17, 15) is 0 Å². The molecule has 2 atom stereocenters. The zero-order valence-electron chi connectivity index (χ0n) is 21.2. The molecule has 30 heavy (non-hydrogen) atoms. The first-order valence-electron chi connectivity index (χ1n) is 11.2. The van der Waals surface area contributed by atoms with Crippen LogP contribution in [0.4, 0.5) is 0 Å². The highest BCUT2D eigenvalue weighted by Gasteiger charge is 2.43. The minimum Gasteiger partial charge on any atom is -0.414 e. The molecule has 172 valence electrons. The summed E-state index contributed by atoms with van der Waals surface area (Å²) in [6, 6.07) is 10.3. The highest BCUT2D eigenvalue weighted by molar-refractivity contribution is 6.74. The molecule has 0 saturated carbocycles. The maximum absolute atomic E-state index is 6.88. The van der Waals surface area contributed by atoms with Gasteiger partial charge in [0.2, 0.25) is 0 Å². The van der Waals surface area contributed by atoms with Crippen molar-refractivity contribution in [2.45, 2.75) is 103 Å². The average molecular weight is 451 g/mol. The lowest BCUT2D eigenvalue weighted by Crippen LogP contribution is -2.51. The predicted octanol–water partition coefficient (Wildman–Crippen LogP) is 7.56. The quantitative estimate of drug-likeness (QED) is 0.257. The molecule has 0 amide bonds. The van der Waals surface area contributed by atoms with Crippen molar-refractivity contribution in [2.24, 2.45) is 0 Å². The van der Waals surface area contributed by atoms with Gasteiger partial charge in [-0.05, 0) is 48.2 Å². The smallest absolute Gasteiger partial charge is 0.192 e. The Morgan fingerprint density at radius 3 is 1.87 bits per heavy atom. The van der Waals surface area contributed by atoms with Gasteiger partial charge in [0, 0.05) is 0 Å². The summed E-state index contributed by atoms with van der Waals surface area (Å²) in [7, 11) is -3.88. The lowest BCUT2D eigenvalue weighted by Gasteiger charge is -2.43. The van der Waals surface area contributed by atoms with Crippen molar-refractivity contribution in [3.63, 3.8) is 0 Å². The zero-order valence-corrected chi connectivity index (χ0v) is 23.2. The molecule has 1 rings (SSSR count). The summed E-state index contributed by atoms with van der Waals surface area (Å²) < 4.78 is 19.9. The molecule has 5 heteroatoms. The molecule has 0 heterocycles. The second-order valence-electron chi connectivity index (χ2n) is 11.3. The van der Waals surface area contributed by atoms with E-state index < -0.39 is 16.6 Å². The van der Waals surface area contributed by atoms with Crippen LogP contribution in [0, 0.1) is 0 Å². The van der Waals surface area contributed by atoms with Crippen molar-refractivity contribution in [1.82, 2.24) is 0 Å². The van der Waals surface area contributed by atoms with Crippen molar-refractivity contribution in [1.29, 1.82) is 0 Å². The average Bonchev–Trinajstić information content (AvgIpc) is 2.61. The number of benzene rings is 1. The molecule has 1 aromatic rings. The van der Waals surface area contributed by atoms with E-state index in [1.165, 1.54) is 5.56 Å². The summed E-state index contributed by atoms with van der Waals surface area (Å²) in [5.74, 6) is 0. The van der Waals surface area contributed by atoms with Crippen LogP contribution >= 0.6 is 0 Å². The van der Waals surface area contributed by atoms with Crippen molar-refractivity contribution >= 4 is 16.6 Å². The van der Waals surface area contributed by atoms with Gasteiger partial charge in [0.05, 0.1) is 25.4 Å². The fourth-order valence-corrected chi connectivity index (χ4v) is 4.89. The number of ether oxygens (including phenoxy) is 1. The Morgan fingerprint density at radius 2 is 1.40 bits per heavy atom. The van der Waals surface area contributed by atoms with Gasteiger partial charge >= 0.3 is 0 Å². The van der Waals surface area contributed by atoms with Crippen molar-refractivity contribution in [3.05, 3.63) is 48.6 Å². The molecule has 0 unspecified atom stereocenters. The van der Waals surface area contributed by atoms with Crippen molar-refractivity contribution in [2.75, 3.05) is 6.61 Å². The topological polar surface area (TPSA) is 27.7 Å². The Bertz CT molecular complexity index is 643. The molecule has 0 aliphatic carbocycles. The minimum absolute atomic E-state index is 0.0819. The number of hydrogen-bond donors (Lipinski definition) is 0. The van der Waals surface area contributed by atoms with E-state index in [1.807, 2.05) is 24.3 Å². The summed E-state index contributed by atoms with van der Waals surface area (Å²) in [6.45, 7) is 27.9. The molecule has 0 saturated heterocycles. The Kier molecular flexibility index (Phi) is 9.77. The van der Waals surface area contributed by atoms with Crippen molar-refractivity contribution < 1.29 is 13.6 Å². The maximum Gasteiger partial charge on any atom is 0.192 e. The standard InChI is InChI=1S/C25H46O3Si2/c1-12-16-22(26-19-21-17-14-13-15-18-21)23(28-30(10,11)25(5,6)7)20-27-29(8,9)24(2,3)4/h12-15,17-18,22-23H,1,16,19-20H2,2-11H3/t22-,23+/m0/s1.